The highest BCUT2D eigenvalue weighted by Crippen LogP contribution is 2.32. The highest BCUT2D eigenvalue weighted by atomic mass is 32.1. The first-order chi connectivity index (χ1) is 11.0. The van der Waals surface area contributed by atoms with Gasteiger partial charge in [0.15, 0.2) is 0 Å². The summed E-state index contributed by atoms with van der Waals surface area (Å²) < 4.78 is 0. The standard InChI is InChI=1S/C15H13N5O2S/c1-19(2)11-5-3-10(4-6-11)17-18-15-16-9-14(23-15)20-12(21)7-8-13(20)22/h3-9H,1-2H3. The molecule has 0 radical (unpaired) electrons. The van der Waals surface area contributed by atoms with Crippen molar-refractivity contribution in [1.29, 1.82) is 0 Å². The molecule has 1 aromatic carbocycles. The third-order valence-electron chi connectivity index (χ3n) is 3.13. The van der Waals surface area contributed by atoms with Crippen LogP contribution in [0.4, 0.5) is 21.5 Å². The molecule has 7 nitrogen and oxygen atoms in total. The largest absolute Gasteiger partial charge is 0.378 e. The lowest BCUT2D eigenvalue weighted by Crippen LogP contribution is -2.28. The Morgan fingerprint density at radius 1 is 1.04 bits per heavy atom. The molecule has 116 valence electrons. The summed E-state index contributed by atoms with van der Waals surface area (Å²) in [7, 11) is 3.92. The van der Waals surface area contributed by atoms with Crippen LogP contribution < -0.4 is 9.80 Å². The minimum atomic E-state index is -0.374. The zero-order valence-electron chi connectivity index (χ0n) is 12.5. The summed E-state index contributed by atoms with van der Waals surface area (Å²) >= 11 is 1.13. The number of carbonyl (C=O) groups excluding carboxylic acids is 2. The molecule has 0 atom stereocenters. The zero-order valence-corrected chi connectivity index (χ0v) is 13.3. The highest BCUT2D eigenvalue weighted by Gasteiger charge is 2.26. The molecular weight excluding hydrogens is 314 g/mol. The van der Waals surface area contributed by atoms with E-state index in [1.54, 1.807) is 0 Å². The number of imide groups is 1. The van der Waals surface area contributed by atoms with Crippen molar-refractivity contribution in [2.45, 2.75) is 0 Å². The Morgan fingerprint density at radius 3 is 2.30 bits per heavy atom. The van der Waals surface area contributed by atoms with E-state index in [2.05, 4.69) is 15.2 Å². The lowest BCUT2D eigenvalue weighted by atomic mass is 10.3. The average Bonchev–Trinajstić information content (AvgIpc) is 3.12. The Hall–Kier alpha value is -2.87. The van der Waals surface area contributed by atoms with Crippen LogP contribution >= 0.6 is 11.3 Å². The summed E-state index contributed by atoms with van der Waals surface area (Å²) in [5.74, 6) is -0.747. The molecule has 1 aliphatic rings. The van der Waals surface area contributed by atoms with E-state index in [0.29, 0.717) is 15.8 Å². The predicted molar refractivity (Wildman–Crippen MR) is 88.7 cm³/mol. The van der Waals surface area contributed by atoms with Gasteiger partial charge in [0.1, 0.15) is 5.00 Å². The molecule has 0 saturated heterocycles. The molecule has 0 fully saturated rings. The number of rotatable bonds is 4. The van der Waals surface area contributed by atoms with Crippen molar-refractivity contribution in [3.63, 3.8) is 0 Å². The Kier molecular flexibility index (Phi) is 3.98. The summed E-state index contributed by atoms with van der Waals surface area (Å²) in [5.41, 5.74) is 1.77. The normalized spacial score (nSPS) is 14.3. The first-order valence-corrected chi connectivity index (χ1v) is 7.57. The van der Waals surface area contributed by atoms with Crippen molar-refractivity contribution in [2.75, 3.05) is 23.9 Å². The number of thiazole rings is 1. The molecule has 0 bridgehead atoms. The highest BCUT2D eigenvalue weighted by molar-refractivity contribution is 7.19. The predicted octanol–water partition coefficient (Wildman–Crippen LogP) is 3.05. The molecule has 0 aliphatic carbocycles. The van der Waals surface area contributed by atoms with Gasteiger partial charge in [0.2, 0.25) is 5.13 Å². The number of carbonyl (C=O) groups is 2. The van der Waals surface area contributed by atoms with Gasteiger partial charge in [-0.25, -0.2) is 9.88 Å². The third kappa shape index (κ3) is 3.16. The summed E-state index contributed by atoms with van der Waals surface area (Å²) in [5, 5.41) is 8.96. The van der Waals surface area contributed by atoms with E-state index < -0.39 is 0 Å². The Balaban J connectivity index is 1.74. The van der Waals surface area contributed by atoms with Crippen molar-refractivity contribution >= 4 is 44.7 Å². The van der Waals surface area contributed by atoms with E-state index >= 15 is 0 Å². The van der Waals surface area contributed by atoms with Crippen LogP contribution in [0.2, 0.25) is 0 Å². The Morgan fingerprint density at radius 2 is 1.70 bits per heavy atom. The minimum absolute atomic E-state index is 0.374. The van der Waals surface area contributed by atoms with Gasteiger partial charge in [-0.15, -0.1) is 10.2 Å². The zero-order chi connectivity index (χ0) is 16.4. The maximum atomic E-state index is 11.6. The Labute approximate surface area is 136 Å². The van der Waals surface area contributed by atoms with Crippen LogP contribution in [0.5, 0.6) is 0 Å². The van der Waals surface area contributed by atoms with E-state index in [4.69, 9.17) is 0 Å². The fraction of sp³-hybridized carbons (Fsp3) is 0.133. The third-order valence-corrected chi connectivity index (χ3v) is 3.99. The molecule has 3 rings (SSSR count). The second-order valence-corrected chi connectivity index (χ2v) is 5.92. The van der Waals surface area contributed by atoms with E-state index in [9.17, 15) is 9.59 Å². The van der Waals surface area contributed by atoms with Crippen LogP contribution in [-0.2, 0) is 9.59 Å². The van der Waals surface area contributed by atoms with Gasteiger partial charge in [0.25, 0.3) is 11.8 Å². The summed E-state index contributed by atoms with van der Waals surface area (Å²) in [6, 6.07) is 7.58. The molecule has 0 unspecified atom stereocenters. The molecule has 8 heteroatoms. The van der Waals surface area contributed by atoms with Crippen LogP contribution in [0.3, 0.4) is 0 Å². The molecule has 0 spiro atoms. The van der Waals surface area contributed by atoms with Crippen molar-refractivity contribution in [1.82, 2.24) is 4.98 Å². The van der Waals surface area contributed by atoms with E-state index in [-0.39, 0.29) is 11.8 Å². The molecule has 0 saturated carbocycles. The van der Waals surface area contributed by atoms with Gasteiger partial charge in [-0.05, 0) is 24.3 Å². The van der Waals surface area contributed by atoms with Gasteiger partial charge in [-0.2, -0.15) is 0 Å². The number of hydrogen-bond donors (Lipinski definition) is 0. The number of azo groups is 1. The van der Waals surface area contributed by atoms with Crippen LogP contribution in [-0.4, -0.2) is 30.9 Å². The number of aromatic nitrogens is 1. The summed E-state index contributed by atoms with van der Waals surface area (Å²) in [6.45, 7) is 0. The average molecular weight is 327 g/mol. The van der Waals surface area contributed by atoms with Crippen LogP contribution in [0.1, 0.15) is 0 Å². The lowest BCUT2D eigenvalue weighted by molar-refractivity contribution is -0.119. The number of anilines is 2. The number of hydrogen-bond acceptors (Lipinski definition) is 7. The van der Waals surface area contributed by atoms with Gasteiger partial charge in [0.05, 0.1) is 11.9 Å². The van der Waals surface area contributed by atoms with E-state index in [1.165, 1.54) is 18.3 Å². The molecule has 2 heterocycles. The van der Waals surface area contributed by atoms with E-state index in [1.807, 2.05) is 43.3 Å². The van der Waals surface area contributed by atoms with Gasteiger partial charge < -0.3 is 4.90 Å². The van der Waals surface area contributed by atoms with Crippen LogP contribution in [0, 0.1) is 0 Å². The van der Waals surface area contributed by atoms with Crippen LogP contribution in [0.15, 0.2) is 52.8 Å². The van der Waals surface area contributed by atoms with E-state index in [0.717, 1.165) is 21.9 Å². The molecule has 1 aromatic heterocycles. The maximum absolute atomic E-state index is 11.6. The maximum Gasteiger partial charge on any atom is 0.258 e. The number of benzene rings is 1. The lowest BCUT2D eigenvalue weighted by Gasteiger charge is -2.11. The SMILES string of the molecule is CN(C)c1ccc(N=Nc2ncc(N3C(=O)C=CC3=O)s2)cc1. The van der Waals surface area contributed by atoms with Crippen molar-refractivity contribution in [3.8, 4) is 0 Å². The molecule has 2 aromatic rings. The first kappa shape index (κ1) is 15.0. The molecule has 0 N–H and O–H groups in total. The second kappa shape index (κ2) is 6.09. The quantitative estimate of drug-likeness (QED) is 0.638. The molecule has 23 heavy (non-hydrogen) atoms. The fourth-order valence-corrected chi connectivity index (χ4v) is 2.69. The van der Waals surface area contributed by atoms with Gasteiger partial charge in [-0.3, -0.25) is 9.59 Å². The second-order valence-electron chi connectivity index (χ2n) is 4.94. The number of nitrogens with zero attached hydrogens (tertiary/aromatic N) is 5. The van der Waals surface area contributed by atoms with Crippen molar-refractivity contribution in [3.05, 3.63) is 42.6 Å². The summed E-state index contributed by atoms with van der Waals surface area (Å²) in [6.07, 6.45) is 3.90. The number of amides is 2. The van der Waals surface area contributed by atoms with Gasteiger partial charge >= 0.3 is 0 Å². The smallest absolute Gasteiger partial charge is 0.258 e. The summed E-state index contributed by atoms with van der Waals surface area (Å²) in [4.78, 5) is 30.3. The van der Waals surface area contributed by atoms with Crippen LogP contribution in [0.25, 0.3) is 0 Å². The molecule has 1 aliphatic heterocycles. The van der Waals surface area contributed by atoms with Gasteiger partial charge in [-0.1, -0.05) is 11.3 Å². The topological polar surface area (TPSA) is 78.2 Å². The first-order valence-electron chi connectivity index (χ1n) is 6.76. The minimum Gasteiger partial charge on any atom is -0.378 e. The fourth-order valence-electron chi connectivity index (χ4n) is 1.94. The van der Waals surface area contributed by atoms with Crippen molar-refractivity contribution in [2.24, 2.45) is 10.2 Å². The Bertz CT molecular complexity index is 790. The molecule has 2 amide bonds. The molecular formula is C15H13N5O2S. The van der Waals surface area contributed by atoms with Gasteiger partial charge in [0, 0.05) is 31.9 Å². The monoisotopic (exact) mass is 327 g/mol. The van der Waals surface area contributed by atoms with Crippen molar-refractivity contribution < 1.29 is 9.59 Å².